The molecule has 0 aliphatic carbocycles. The summed E-state index contributed by atoms with van der Waals surface area (Å²) >= 11 is 2.62. The van der Waals surface area contributed by atoms with Crippen molar-refractivity contribution in [2.75, 3.05) is 0 Å². The van der Waals surface area contributed by atoms with Crippen LogP contribution in [-0.4, -0.2) is 20.9 Å². The number of nitrogens with zero attached hydrogens (tertiary/aromatic N) is 2. The number of halogens is 4. The van der Waals surface area contributed by atoms with Gasteiger partial charge in [0.25, 0.3) is 0 Å². The number of hydrogen-bond acceptors (Lipinski definition) is 2. The lowest BCUT2D eigenvalue weighted by molar-refractivity contribution is -0.142. The molecule has 0 radical (unpaired) electrons. The number of alkyl halides is 3. The van der Waals surface area contributed by atoms with Gasteiger partial charge in [-0.1, -0.05) is 0 Å². The maximum Gasteiger partial charge on any atom is 0.436 e. The van der Waals surface area contributed by atoms with Gasteiger partial charge in [0.05, 0.1) is 4.47 Å². The highest BCUT2D eigenvalue weighted by atomic mass is 79.9. The molecule has 0 aliphatic rings. The minimum absolute atomic E-state index is 0.474. The van der Waals surface area contributed by atoms with Crippen LogP contribution in [0.2, 0.25) is 0 Å². The third kappa shape index (κ3) is 2.21. The van der Waals surface area contributed by atoms with Gasteiger partial charge < -0.3 is 5.11 Å². The van der Waals surface area contributed by atoms with E-state index in [1.807, 2.05) is 0 Å². The molecule has 0 saturated carbocycles. The van der Waals surface area contributed by atoms with Crippen LogP contribution in [0.15, 0.2) is 4.47 Å². The van der Waals surface area contributed by atoms with Crippen LogP contribution in [0.5, 0.6) is 0 Å². The van der Waals surface area contributed by atoms with E-state index in [2.05, 4.69) is 21.0 Å². The van der Waals surface area contributed by atoms with Crippen molar-refractivity contribution in [3.8, 4) is 0 Å². The van der Waals surface area contributed by atoms with Crippen molar-refractivity contribution in [3.05, 3.63) is 15.9 Å². The molecule has 1 aromatic rings. The Bertz CT molecular complexity index is 426. The summed E-state index contributed by atoms with van der Waals surface area (Å²) in [4.78, 5) is 10.8. The third-order valence-corrected chi connectivity index (χ3v) is 2.56. The van der Waals surface area contributed by atoms with E-state index in [1.165, 1.54) is 0 Å². The monoisotopic (exact) mass is 300 g/mol. The average Bonchev–Trinajstić information content (AvgIpc) is 2.41. The lowest BCUT2D eigenvalue weighted by Crippen LogP contribution is -2.13. The minimum atomic E-state index is -4.68. The fourth-order valence-electron chi connectivity index (χ4n) is 1.16. The maximum atomic E-state index is 12.5. The van der Waals surface area contributed by atoms with E-state index >= 15 is 0 Å². The average molecular weight is 301 g/mol. The molecular weight excluding hydrogens is 293 g/mol. The Balaban J connectivity index is 3.48. The fourth-order valence-corrected chi connectivity index (χ4v) is 1.82. The van der Waals surface area contributed by atoms with Crippen LogP contribution in [-0.2, 0) is 6.18 Å². The highest BCUT2D eigenvalue weighted by molar-refractivity contribution is 9.10. The van der Waals surface area contributed by atoms with E-state index < -0.39 is 34.0 Å². The van der Waals surface area contributed by atoms with Gasteiger partial charge in [0, 0.05) is 6.04 Å². The zero-order valence-electron chi connectivity index (χ0n) is 8.34. The van der Waals surface area contributed by atoms with Crippen LogP contribution in [0.4, 0.5) is 13.2 Å². The van der Waals surface area contributed by atoms with Crippen LogP contribution in [0, 0.1) is 0 Å². The van der Waals surface area contributed by atoms with Gasteiger partial charge in [-0.05, 0) is 29.8 Å². The standard InChI is InChI=1S/C8H8BrF3N2O2/c1-3(2)14-5(7(15)16)4(9)6(13-14)8(10,11)12/h3H,1-2H3,(H,15,16). The van der Waals surface area contributed by atoms with Crippen molar-refractivity contribution in [2.45, 2.75) is 26.1 Å². The first-order valence-corrected chi connectivity index (χ1v) is 5.04. The predicted octanol–water partition coefficient (Wildman–Crippen LogP) is 2.94. The molecule has 0 aromatic carbocycles. The molecule has 4 nitrogen and oxygen atoms in total. The second-order valence-electron chi connectivity index (χ2n) is 3.35. The van der Waals surface area contributed by atoms with Gasteiger partial charge in [0.1, 0.15) is 0 Å². The second kappa shape index (κ2) is 4.08. The minimum Gasteiger partial charge on any atom is -0.476 e. The Kier molecular flexibility index (Phi) is 3.32. The van der Waals surface area contributed by atoms with Gasteiger partial charge in [-0.2, -0.15) is 18.3 Å². The molecule has 16 heavy (non-hydrogen) atoms. The van der Waals surface area contributed by atoms with E-state index in [9.17, 15) is 18.0 Å². The third-order valence-electron chi connectivity index (χ3n) is 1.81. The topological polar surface area (TPSA) is 55.1 Å². The zero-order chi connectivity index (χ0) is 12.7. The van der Waals surface area contributed by atoms with Crippen molar-refractivity contribution in [1.29, 1.82) is 0 Å². The summed E-state index contributed by atoms with van der Waals surface area (Å²) in [5.74, 6) is -1.46. The van der Waals surface area contributed by atoms with Crippen molar-refractivity contribution in [2.24, 2.45) is 0 Å². The molecule has 0 fully saturated rings. The van der Waals surface area contributed by atoms with Gasteiger partial charge in [0.2, 0.25) is 0 Å². The quantitative estimate of drug-likeness (QED) is 0.913. The Morgan fingerprint density at radius 2 is 2.00 bits per heavy atom. The predicted molar refractivity (Wildman–Crippen MR) is 52.3 cm³/mol. The van der Waals surface area contributed by atoms with Crippen LogP contribution >= 0.6 is 15.9 Å². The Labute approximate surface area is 97.2 Å². The summed E-state index contributed by atoms with van der Waals surface area (Å²) in [6.07, 6.45) is -4.68. The van der Waals surface area contributed by atoms with Crippen molar-refractivity contribution in [3.63, 3.8) is 0 Å². The van der Waals surface area contributed by atoms with Crippen molar-refractivity contribution in [1.82, 2.24) is 9.78 Å². The number of carbonyl (C=O) groups is 1. The van der Waals surface area contributed by atoms with Crippen LogP contribution in [0.1, 0.15) is 36.1 Å². The fraction of sp³-hybridized carbons (Fsp3) is 0.500. The molecule has 0 spiro atoms. The molecule has 0 amide bonds. The van der Waals surface area contributed by atoms with Gasteiger partial charge in [-0.15, -0.1) is 0 Å². The molecule has 8 heteroatoms. The first kappa shape index (κ1) is 13.0. The molecule has 90 valence electrons. The van der Waals surface area contributed by atoms with E-state index in [1.54, 1.807) is 13.8 Å². The van der Waals surface area contributed by atoms with Gasteiger partial charge >= 0.3 is 12.1 Å². The summed E-state index contributed by atoms with van der Waals surface area (Å²) < 4.78 is 37.7. The number of rotatable bonds is 2. The summed E-state index contributed by atoms with van der Waals surface area (Å²) in [7, 11) is 0. The Morgan fingerprint density at radius 1 is 1.50 bits per heavy atom. The molecule has 0 bridgehead atoms. The second-order valence-corrected chi connectivity index (χ2v) is 4.15. The maximum absolute atomic E-state index is 12.5. The molecular formula is C8H8BrF3N2O2. The number of hydrogen-bond donors (Lipinski definition) is 1. The SMILES string of the molecule is CC(C)n1nc(C(F)(F)F)c(Br)c1C(=O)O. The van der Waals surface area contributed by atoms with Crippen molar-refractivity contribution >= 4 is 21.9 Å². The Morgan fingerprint density at radius 3 is 2.25 bits per heavy atom. The molecule has 1 N–H and O–H groups in total. The molecule has 0 atom stereocenters. The Hall–Kier alpha value is -1.05. The van der Waals surface area contributed by atoms with E-state index in [4.69, 9.17) is 5.11 Å². The summed E-state index contributed by atoms with van der Waals surface area (Å²) in [6.45, 7) is 3.10. The lowest BCUT2D eigenvalue weighted by Gasteiger charge is -2.07. The number of aromatic nitrogens is 2. The van der Waals surface area contributed by atoms with Crippen LogP contribution in [0.25, 0.3) is 0 Å². The molecule has 1 rings (SSSR count). The van der Waals surface area contributed by atoms with E-state index in [-0.39, 0.29) is 0 Å². The molecule has 0 aliphatic heterocycles. The lowest BCUT2D eigenvalue weighted by atomic mass is 10.3. The number of carboxylic acid groups (broad SMARTS) is 1. The molecule has 0 saturated heterocycles. The van der Waals surface area contributed by atoms with E-state index in [0.717, 1.165) is 4.68 Å². The molecule has 0 unspecified atom stereocenters. The van der Waals surface area contributed by atoms with Crippen molar-refractivity contribution < 1.29 is 23.1 Å². The normalized spacial score (nSPS) is 12.2. The number of aromatic carboxylic acids is 1. The first-order chi connectivity index (χ1) is 7.16. The zero-order valence-corrected chi connectivity index (χ0v) is 9.93. The van der Waals surface area contributed by atoms with Crippen LogP contribution < -0.4 is 0 Å². The smallest absolute Gasteiger partial charge is 0.436 e. The number of carboxylic acids is 1. The highest BCUT2D eigenvalue weighted by Crippen LogP contribution is 2.36. The summed E-state index contributed by atoms with van der Waals surface area (Å²) in [6, 6.07) is -0.474. The van der Waals surface area contributed by atoms with Gasteiger partial charge in [-0.25, -0.2) is 4.79 Å². The van der Waals surface area contributed by atoms with E-state index in [0.29, 0.717) is 0 Å². The summed E-state index contributed by atoms with van der Waals surface area (Å²) in [5, 5.41) is 12.1. The molecule has 1 aromatic heterocycles. The summed E-state index contributed by atoms with van der Waals surface area (Å²) in [5.41, 5.74) is -1.72. The molecule has 1 heterocycles. The van der Waals surface area contributed by atoms with Crippen LogP contribution in [0.3, 0.4) is 0 Å². The van der Waals surface area contributed by atoms with Gasteiger partial charge in [0.15, 0.2) is 11.4 Å². The largest absolute Gasteiger partial charge is 0.476 e. The van der Waals surface area contributed by atoms with Gasteiger partial charge in [-0.3, -0.25) is 4.68 Å². The highest BCUT2D eigenvalue weighted by Gasteiger charge is 2.40. The first-order valence-electron chi connectivity index (χ1n) is 4.24.